The lowest BCUT2D eigenvalue weighted by Gasteiger charge is -1.93. The Balaban J connectivity index is 2.14. The molecule has 0 aliphatic carbocycles. The van der Waals surface area contributed by atoms with Crippen molar-refractivity contribution in [1.29, 1.82) is 0 Å². The normalized spacial score (nSPS) is 10.6. The molecule has 0 saturated heterocycles. The minimum atomic E-state index is -0.926. The zero-order valence-corrected chi connectivity index (χ0v) is 9.14. The first-order valence-electron chi connectivity index (χ1n) is 4.31. The minimum absolute atomic E-state index is 0.104. The van der Waals surface area contributed by atoms with Gasteiger partial charge in [-0.25, -0.2) is 4.98 Å². The maximum Gasteiger partial charge on any atom is 0.314 e. The summed E-state index contributed by atoms with van der Waals surface area (Å²) in [4.78, 5) is 14.3. The number of rotatable bonds is 4. The number of aryl methyl sites for hydroxylation is 1. The van der Waals surface area contributed by atoms with Gasteiger partial charge >= 0.3 is 5.97 Å². The van der Waals surface area contributed by atoms with Crippen LogP contribution in [0.15, 0.2) is 22.2 Å². The fourth-order valence-corrected chi connectivity index (χ4v) is 1.54. The Bertz CT molecular complexity index is 507. The van der Waals surface area contributed by atoms with E-state index in [0.717, 1.165) is 11.8 Å². The van der Waals surface area contributed by atoms with E-state index in [1.165, 1.54) is 0 Å². The third-order valence-corrected chi connectivity index (χ3v) is 2.56. The van der Waals surface area contributed by atoms with Crippen LogP contribution in [0.2, 0.25) is 0 Å². The molecule has 0 spiro atoms. The number of carboxylic acids is 1. The predicted molar refractivity (Wildman–Crippen MR) is 54.9 cm³/mol. The smallest absolute Gasteiger partial charge is 0.314 e. The Kier molecular flexibility index (Phi) is 2.91. The monoisotopic (exact) mass is 240 g/mol. The Morgan fingerprint density at radius 3 is 3.06 bits per heavy atom. The molecule has 1 N–H and O–H groups in total. The van der Waals surface area contributed by atoms with E-state index in [1.807, 2.05) is 0 Å². The van der Waals surface area contributed by atoms with Crippen LogP contribution >= 0.6 is 11.8 Å². The molecule has 0 fully saturated rings. The molecule has 84 valence electrons. The highest BCUT2D eigenvalue weighted by atomic mass is 32.2. The molecule has 0 radical (unpaired) electrons. The van der Waals surface area contributed by atoms with Crippen LogP contribution in [0.3, 0.4) is 0 Å². The molecule has 2 aromatic rings. The van der Waals surface area contributed by atoms with Gasteiger partial charge in [-0.1, -0.05) is 11.8 Å². The molecule has 7 nitrogen and oxygen atoms in total. The van der Waals surface area contributed by atoms with E-state index in [2.05, 4.69) is 15.2 Å². The number of thioether (sulfide) groups is 1. The Morgan fingerprint density at radius 2 is 2.44 bits per heavy atom. The van der Waals surface area contributed by atoms with E-state index in [-0.39, 0.29) is 11.0 Å². The maximum atomic E-state index is 10.3. The van der Waals surface area contributed by atoms with Gasteiger partial charge in [0, 0.05) is 7.05 Å². The summed E-state index contributed by atoms with van der Waals surface area (Å²) in [6.07, 6.45) is 3.21. The average molecular weight is 240 g/mol. The molecule has 0 atom stereocenters. The summed E-state index contributed by atoms with van der Waals surface area (Å²) in [5, 5.41) is 16.3. The first kappa shape index (κ1) is 10.7. The minimum Gasteiger partial charge on any atom is -0.481 e. The van der Waals surface area contributed by atoms with Crippen LogP contribution < -0.4 is 0 Å². The van der Waals surface area contributed by atoms with Crippen LogP contribution in [-0.4, -0.2) is 36.6 Å². The third-order valence-electron chi connectivity index (χ3n) is 1.76. The molecule has 2 heterocycles. The summed E-state index contributed by atoms with van der Waals surface area (Å²) in [5.41, 5.74) is 0.690. The summed E-state index contributed by atoms with van der Waals surface area (Å²) in [7, 11) is 1.80. The van der Waals surface area contributed by atoms with Crippen LogP contribution in [0.1, 0.15) is 0 Å². The van der Waals surface area contributed by atoms with Crippen molar-refractivity contribution in [2.24, 2.45) is 7.05 Å². The van der Waals surface area contributed by atoms with Gasteiger partial charge in [0.2, 0.25) is 0 Å². The first-order chi connectivity index (χ1) is 7.66. The van der Waals surface area contributed by atoms with Gasteiger partial charge in [0.1, 0.15) is 11.4 Å². The van der Waals surface area contributed by atoms with E-state index in [0.29, 0.717) is 11.6 Å². The number of carbonyl (C=O) groups is 1. The van der Waals surface area contributed by atoms with Gasteiger partial charge in [-0.05, 0) is 0 Å². The van der Waals surface area contributed by atoms with E-state index in [9.17, 15) is 4.79 Å². The Hall–Kier alpha value is -1.83. The average Bonchev–Trinajstić information content (AvgIpc) is 2.83. The van der Waals surface area contributed by atoms with E-state index >= 15 is 0 Å². The molecule has 0 saturated carbocycles. The van der Waals surface area contributed by atoms with Crippen molar-refractivity contribution in [1.82, 2.24) is 19.7 Å². The van der Waals surface area contributed by atoms with Gasteiger partial charge in [0.15, 0.2) is 0 Å². The predicted octanol–water partition coefficient (Wildman–Crippen LogP) is 0.647. The lowest BCUT2D eigenvalue weighted by Crippen LogP contribution is -1.97. The summed E-state index contributed by atoms with van der Waals surface area (Å²) in [6, 6.07) is 0. The maximum absolute atomic E-state index is 10.3. The van der Waals surface area contributed by atoms with Gasteiger partial charge in [-0.3, -0.25) is 4.79 Å². The molecule has 0 bridgehead atoms. The summed E-state index contributed by atoms with van der Waals surface area (Å²) < 4.78 is 7.01. The highest BCUT2D eigenvalue weighted by molar-refractivity contribution is 7.99. The van der Waals surface area contributed by atoms with Crippen LogP contribution in [0.5, 0.6) is 0 Å². The number of nitrogens with zero attached hydrogens (tertiary/aromatic N) is 4. The van der Waals surface area contributed by atoms with Crippen LogP contribution in [0, 0.1) is 0 Å². The van der Waals surface area contributed by atoms with Crippen molar-refractivity contribution in [3.05, 3.63) is 12.5 Å². The second-order valence-corrected chi connectivity index (χ2v) is 3.87. The SMILES string of the molecule is Cn1cncc1-c1nnc(SCC(=O)O)o1. The summed E-state index contributed by atoms with van der Waals surface area (Å²) in [5.74, 6) is -0.703. The van der Waals surface area contributed by atoms with Crippen LogP contribution in [-0.2, 0) is 11.8 Å². The molecule has 8 heteroatoms. The van der Waals surface area contributed by atoms with Crippen molar-refractivity contribution in [2.75, 3.05) is 5.75 Å². The topological polar surface area (TPSA) is 94.0 Å². The van der Waals surface area contributed by atoms with Crippen molar-refractivity contribution in [3.63, 3.8) is 0 Å². The number of aliphatic carboxylic acids is 1. The van der Waals surface area contributed by atoms with Crippen LogP contribution in [0.25, 0.3) is 11.6 Å². The highest BCUT2D eigenvalue weighted by Crippen LogP contribution is 2.22. The van der Waals surface area contributed by atoms with Gasteiger partial charge in [0.25, 0.3) is 11.1 Å². The molecule has 2 aromatic heterocycles. The lowest BCUT2D eigenvalue weighted by molar-refractivity contribution is -0.133. The van der Waals surface area contributed by atoms with E-state index < -0.39 is 5.97 Å². The Morgan fingerprint density at radius 1 is 1.62 bits per heavy atom. The lowest BCUT2D eigenvalue weighted by atomic mass is 10.5. The van der Waals surface area contributed by atoms with Gasteiger partial charge in [0.05, 0.1) is 12.5 Å². The van der Waals surface area contributed by atoms with E-state index in [4.69, 9.17) is 9.52 Å². The molecule has 0 aliphatic heterocycles. The van der Waals surface area contributed by atoms with Crippen LogP contribution in [0.4, 0.5) is 0 Å². The number of imidazole rings is 1. The van der Waals surface area contributed by atoms with E-state index in [1.54, 1.807) is 24.1 Å². The standard InChI is InChI=1S/C8H8N4O3S/c1-12-4-9-2-5(12)7-10-11-8(15-7)16-3-6(13)14/h2,4H,3H2,1H3,(H,13,14). The van der Waals surface area contributed by atoms with Gasteiger partial charge in [-0.2, -0.15) is 0 Å². The number of carboxylic acid groups (broad SMARTS) is 1. The molecular weight excluding hydrogens is 232 g/mol. The molecule has 0 aromatic carbocycles. The van der Waals surface area contributed by atoms with Crippen molar-refractivity contribution in [3.8, 4) is 11.6 Å². The largest absolute Gasteiger partial charge is 0.481 e. The number of aromatic nitrogens is 4. The second kappa shape index (κ2) is 4.35. The number of hydrogen-bond donors (Lipinski definition) is 1. The molecule has 0 unspecified atom stereocenters. The Labute approximate surface area is 94.5 Å². The molecule has 16 heavy (non-hydrogen) atoms. The number of hydrogen-bond acceptors (Lipinski definition) is 6. The zero-order valence-electron chi connectivity index (χ0n) is 8.32. The molecule has 0 aliphatic rings. The zero-order chi connectivity index (χ0) is 11.5. The molecular formula is C8H8N4O3S. The highest BCUT2D eigenvalue weighted by Gasteiger charge is 2.12. The van der Waals surface area contributed by atoms with Crippen molar-refractivity contribution >= 4 is 17.7 Å². The second-order valence-electron chi connectivity index (χ2n) is 2.95. The first-order valence-corrected chi connectivity index (χ1v) is 5.30. The fraction of sp³-hybridized carbons (Fsp3) is 0.250. The quantitative estimate of drug-likeness (QED) is 0.784. The summed E-state index contributed by atoms with van der Waals surface area (Å²) in [6.45, 7) is 0. The van der Waals surface area contributed by atoms with Gasteiger partial charge in [-0.15, -0.1) is 10.2 Å². The van der Waals surface area contributed by atoms with Crippen molar-refractivity contribution < 1.29 is 14.3 Å². The molecule has 2 rings (SSSR count). The van der Waals surface area contributed by atoms with Crippen molar-refractivity contribution in [2.45, 2.75) is 5.22 Å². The third kappa shape index (κ3) is 2.22. The molecule has 0 amide bonds. The van der Waals surface area contributed by atoms with Gasteiger partial charge < -0.3 is 14.1 Å². The fourth-order valence-electron chi connectivity index (χ4n) is 1.06. The summed E-state index contributed by atoms with van der Waals surface area (Å²) >= 11 is 0.983.